The first kappa shape index (κ1) is 10.7. The van der Waals surface area contributed by atoms with Gasteiger partial charge >= 0.3 is 0 Å². The van der Waals surface area contributed by atoms with E-state index in [1.54, 1.807) is 18.0 Å². The lowest BCUT2D eigenvalue weighted by Gasteiger charge is -2.22. The van der Waals surface area contributed by atoms with Gasteiger partial charge in [0, 0.05) is 21.6 Å². The molecule has 1 aromatic heterocycles. The topological polar surface area (TPSA) is 40.7 Å². The Kier molecular flexibility index (Phi) is 2.35. The second-order valence-corrected chi connectivity index (χ2v) is 5.46. The van der Waals surface area contributed by atoms with Crippen molar-refractivity contribution in [2.75, 3.05) is 5.32 Å². The van der Waals surface area contributed by atoms with Gasteiger partial charge in [-0.05, 0) is 24.3 Å². The van der Waals surface area contributed by atoms with Gasteiger partial charge in [-0.2, -0.15) is 5.10 Å². The number of anilines is 2. The molecule has 0 spiro atoms. The molecule has 1 aliphatic rings. The minimum Gasteiger partial charge on any atom is -0.353 e. The predicted octanol–water partition coefficient (Wildman–Crippen LogP) is 4.28. The molecular weight excluding hydrogens is 254 g/mol. The molecule has 19 heavy (non-hydrogen) atoms. The van der Waals surface area contributed by atoms with Gasteiger partial charge in [0.15, 0.2) is 0 Å². The molecule has 4 heteroatoms. The molecule has 0 fully saturated rings. The molecule has 2 heterocycles. The van der Waals surface area contributed by atoms with Gasteiger partial charge in [0.1, 0.15) is 0 Å². The zero-order chi connectivity index (χ0) is 12.7. The average molecular weight is 265 g/mol. The normalized spacial score (nSPS) is 12.4. The highest BCUT2D eigenvalue weighted by Gasteiger charge is 2.18. The Morgan fingerprint density at radius 2 is 1.79 bits per heavy atom. The van der Waals surface area contributed by atoms with E-state index >= 15 is 0 Å². The maximum atomic E-state index is 4.03. The van der Waals surface area contributed by atoms with E-state index in [0.717, 1.165) is 22.6 Å². The van der Waals surface area contributed by atoms with E-state index in [0.29, 0.717) is 0 Å². The smallest absolute Gasteiger partial charge is 0.0671 e. The summed E-state index contributed by atoms with van der Waals surface area (Å²) in [4.78, 5) is 2.50. The summed E-state index contributed by atoms with van der Waals surface area (Å²) < 4.78 is 0. The Morgan fingerprint density at radius 3 is 2.68 bits per heavy atom. The summed E-state index contributed by atoms with van der Waals surface area (Å²) in [7, 11) is 0. The Hall–Kier alpha value is -2.20. The first-order chi connectivity index (χ1) is 9.42. The Morgan fingerprint density at radius 1 is 0.895 bits per heavy atom. The molecule has 3 aromatic rings. The van der Waals surface area contributed by atoms with Crippen LogP contribution in [0.25, 0.3) is 11.3 Å². The number of hydrogen-bond donors (Lipinski definition) is 2. The van der Waals surface area contributed by atoms with Crippen molar-refractivity contribution < 1.29 is 0 Å². The predicted molar refractivity (Wildman–Crippen MR) is 77.9 cm³/mol. The molecule has 0 amide bonds. The van der Waals surface area contributed by atoms with Gasteiger partial charge < -0.3 is 5.32 Å². The van der Waals surface area contributed by atoms with Crippen LogP contribution in [-0.4, -0.2) is 10.2 Å². The van der Waals surface area contributed by atoms with Crippen LogP contribution in [0.2, 0.25) is 0 Å². The number of benzene rings is 2. The molecule has 92 valence electrons. The Bertz CT molecular complexity index is 735. The number of para-hydroxylation sites is 2. The van der Waals surface area contributed by atoms with Crippen LogP contribution in [0.4, 0.5) is 11.4 Å². The first-order valence-corrected chi connectivity index (χ1v) is 6.90. The molecule has 4 rings (SSSR count). The summed E-state index contributed by atoms with van der Waals surface area (Å²) in [5, 5.41) is 10.6. The van der Waals surface area contributed by atoms with Crippen molar-refractivity contribution in [2.45, 2.75) is 9.79 Å². The van der Waals surface area contributed by atoms with Crippen LogP contribution in [0, 0.1) is 0 Å². The zero-order valence-electron chi connectivity index (χ0n) is 10.1. The van der Waals surface area contributed by atoms with Gasteiger partial charge in [-0.25, -0.2) is 0 Å². The Labute approximate surface area is 115 Å². The highest BCUT2D eigenvalue weighted by molar-refractivity contribution is 7.99. The zero-order valence-corrected chi connectivity index (χ0v) is 10.9. The number of rotatable bonds is 1. The van der Waals surface area contributed by atoms with Crippen LogP contribution in [0.1, 0.15) is 0 Å². The van der Waals surface area contributed by atoms with Crippen LogP contribution < -0.4 is 5.32 Å². The average Bonchev–Trinajstić information content (AvgIpc) is 2.98. The second-order valence-electron chi connectivity index (χ2n) is 4.37. The molecule has 3 nitrogen and oxygen atoms in total. The molecule has 1 aliphatic heterocycles. The minimum absolute atomic E-state index is 1.03. The quantitative estimate of drug-likeness (QED) is 0.539. The molecule has 0 unspecified atom stereocenters. The van der Waals surface area contributed by atoms with Gasteiger partial charge in [0.05, 0.1) is 17.1 Å². The van der Waals surface area contributed by atoms with Crippen LogP contribution in [-0.2, 0) is 0 Å². The third-order valence-corrected chi connectivity index (χ3v) is 4.32. The Balaban J connectivity index is 1.88. The third-order valence-electron chi connectivity index (χ3n) is 3.18. The maximum absolute atomic E-state index is 4.03. The van der Waals surface area contributed by atoms with Crippen LogP contribution in [0.5, 0.6) is 0 Å². The summed E-state index contributed by atoms with van der Waals surface area (Å²) in [5.41, 5.74) is 4.49. The summed E-state index contributed by atoms with van der Waals surface area (Å²) in [6, 6.07) is 16.7. The van der Waals surface area contributed by atoms with Crippen molar-refractivity contribution in [2.24, 2.45) is 0 Å². The molecule has 2 aromatic carbocycles. The van der Waals surface area contributed by atoms with Crippen molar-refractivity contribution in [3.63, 3.8) is 0 Å². The van der Waals surface area contributed by atoms with E-state index in [4.69, 9.17) is 0 Å². The van der Waals surface area contributed by atoms with Crippen molar-refractivity contribution in [3.8, 4) is 11.3 Å². The number of fused-ring (bicyclic) bond motifs is 2. The second kappa shape index (κ2) is 4.17. The highest BCUT2D eigenvalue weighted by atomic mass is 32.2. The SMILES string of the molecule is c1ccc2c(c1)Nc1c(cccc1-c1ccn[nH]1)S2. The summed E-state index contributed by atoms with van der Waals surface area (Å²) in [6.07, 6.45) is 1.78. The number of nitrogens with zero attached hydrogens (tertiary/aromatic N) is 1. The number of H-pyrrole nitrogens is 1. The summed E-state index contributed by atoms with van der Waals surface area (Å²) in [5.74, 6) is 0. The summed E-state index contributed by atoms with van der Waals surface area (Å²) in [6.45, 7) is 0. The number of hydrogen-bond acceptors (Lipinski definition) is 3. The van der Waals surface area contributed by atoms with E-state index in [-0.39, 0.29) is 0 Å². The third kappa shape index (κ3) is 1.72. The number of aromatic amines is 1. The van der Waals surface area contributed by atoms with E-state index in [1.807, 2.05) is 6.07 Å². The van der Waals surface area contributed by atoms with Crippen molar-refractivity contribution in [1.82, 2.24) is 10.2 Å². The van der Waals surface area contributed by atoms with Gasteiger partial charge in [-0.1, -0.05) is 36.0 Å². The summed E-state index contributed by atoms with van der Waals surface area (Å²) >= 11 is 1.80. The van der Waals surface area contributed by atoms with E-state index in [9.17, 15) is 0 Å². The highest BCUT2D eigenvalue weighted by Crippen LogP contribution is 2.47. The molecule has 0 radical (unpaired) electrons. The number of aromatic nitrogens is 2. The minimum atomic E-state index is 1.03. The lowest BCUT2D eigenvalue weighted by Crippen LogP contribution is -2.01. The largest absolute Gasteiger partial charge is 0.353 e. The monoisotopic (exact) mass is 265 g/mol. The van der Waals surface area contributed by atoms with Crippen LogP contribution in [0.15, 0.2) is 64.5 Å². The molecule has 0 saturated heterocycles. The lowest BCUT2D eigenvalue weighted by atomic mass is 10.1. The number of nitrogens with one attached hydrogen (secondary N) is 2. The van der Waals surface area contributed by atoms with Crippen LogP contribution >= 0.6 is 11.8 Å². The molecule has 0 bridgehead atoms. The molecule has 2 N–H and O–H groups in total. The molecule has 0 saturated carbocycles. The fraction of sp³-hybridized carbons (Fsp3) is 0. The van der Waals surface area contributed by atoms with Crippen LogP contribution in [0.3, 0.4) is 0 Å². The van der Waals surface area contributed by atoms with Gasteiger partial charge in [0.25, 0.3) is 0 Å². The molecule has 0 atom stereocenters. The van der Waals surface area contributed by atoms with E-state index in [2.05, 4.69) is 58.0 Å². The fourth-order valence-corrected chi connectivity index (χ4v) is 3.31. The lowest BCUT2D eigenvalue weighted by molar-refractivity contribution is 1.09. The molecular formula is C15H11N3S. The first-order valence-electron chi connectivity index (χ1n) is 6.08. The van der Waals surface area contributed by atoms with Gasteiger partial charge in [-0.15, -0.1) is 0 Å². The standard InChI is InChI=1S/C15H11N3S/c1-2-6-13-12(5-1)17-15-10(11-8-9-16-18-11)4-3-7-14(15)19-13/h1-9,17H,(H,16,18). The van der Waals surface area contributed by atoms with Crippen molar-refractivity contribution >= 4 is 23.1 Å². The van der Waals surface area contributed by atoms with Gasteiger partial charge in [0.2, 0.25) is 0 Å². The van der Waals surface area contributed by atoms with E-state index < -0.39 is 0 Å². The van der Waals surface area contributed by atoms with E-state index in [1.165, 1.54) is 9.79 Å². The maximum Gasteiger partial charge on any atom is 0.0671 e. The van der Waals surface area contributed by atoms with Crippen molar-refractivity contribution in [1.29, 1.82) is 0 Å². The van der Waals surface area contributed by atoms with Crippen molar-refractivity contribution in [3.05, 3.63) is 54.7 Å². The fourth-order valence-electron chi connectivity index (χ4n) is 2.29. The molecule has 0 aliphatic carbocycles. The van der Waals surface area contributed by atoms with Gasteiger partial charge in [-0.3, -0.25) is 5.10 Å².